The van der Waals surface area contributed by atoms with Gasteiger partial charge in [-0.1, -0.05) is 41.9 Å². The van der Waals surface area contributed by atoms with Crippen LogP contribution in [0.4, 0.5) is 4.39 Å². The molecule has 3 rings (SSSR count). The molecule has 0 saturated carbocycles. The van der Waals surface area contributed by atoms with Crippen molar-refractivity contribution in [3.63, 3.8) is 0 Å². The van der Waals surface area contributed by atoms with Gasteiger partial charge in [-0.3, -0.25) is 4.79 Å². The Balaban J connectivity index is 0.00000243. The van der Waals surface area contributed by atoms with Crippen LogP contribution in [0.3, 0.4) is 0 Å². The molecule has 1 heterocycles. The topological polar surface area (TPSA) is 50.4 Å². The van der Waals surface area contributed by atoms with E-state index in [0.29, 0.717) is 23.7 Å². The highest BCUT2D eigenvalue weighted by Crippen LogP contribution is 2.29. The molecule has 2 aromatic carbocycles. The molecule has 1 fully saturated rings. The SMILES string of the molecule is Cc1cc(C(NC(=O)C2CNCCO2)c2ccccc2Cl)ccc1F.Cl. The van der Waals surface area contributed by atoms with E-state index in [0.717, 1.165) is 17.7 Å². The molecule has 0 bridgehead atoms. The first kappa shape index (κ1) is 20.6. The number of carbonyl (C=O) groups is 1. The Hall–Kier alpha value is -1.66. The number of halogens is 3. The monoisotopic (exact) mass is 398 g/mol. The number of nitrogens with one attached hydrogen (secondary N) is 2. The van der Waals surface area contributed by atoms with Crippen molar-refractivity contribution in [3.8, 4) is 0 Å². The third-order valence-corrected chi connectivity index (χ3v) is 4.58. The lowest BCUT2D eigenvalue weighted by atomic mass is 9.96. The summed E-state index contributed by atoms with van der Waals surface area (Å²) >= 11 is 6.34. The van der Waals surface area contributed by atoms with Crippen LogP contribution < -0.4 is 10.6 Å². The standard InChI is InChI=1S/C19H20ClFN2O2.ClH/c1-12-10-13(6-7-16(12)21)18(14-4-2-3-5-15(14)20)23-19(24)17-11-22-8-9-25-17;/h2-7,10,17-18,22H,8-9,11H2,1H3,(H,23,24);1H. The minimum absolute atomic E-state index is 0. The lowest BCUT2D eigenvalue weighted by Crippen LogP contribution is -2.48. The molecule has 1 saturated heterocycles. The number of rotatable bonds is 4. The number of hydrogen-bond acceptors (Lipinski definition) is 3. The molecular weight excluding hydrogens is 378 g/mol. The van der Waals surface area contributed by atoms with Crippen LogP contribution in [0.5, 0.6) is 0 Å². The van der Waals surface area contributed by atoms with Crippen molar-refractivity contribution >= 4 is 29.9 Å². The summed E-state index contributed by atoms with van der Waals surface area (Å²) in [4.78, 5) is 12.6. The largest absolute Gasteiger partial charge is 0.366 e. The van der Waals surface area contributed by atoms with Crippen molar-refractivity contribution in [2.75, 3.05) is 19.7 Å². The van der Waals surface area contributed by atoms with E-state index in [9.17, 15) is 9.18 Å². The Bertz CT molecular complexity index is 767. The van der Waals surface area contributed by atoms with Gasteiger partial charge in [0.2, 0.25) is 0 Å². The highest BCUT2D eigenvalue weighted by molar-refractivity contribution is 6.31. The summed E-state index contributed by atoms with van der Waals surface area (Å²) in [5, 5.41) is 6.67. The molecule has 0 radical (unpaired) electrons. The zero-order chi connectivity index (χ0) is 17.8. The first-order valence-corrected chi connectivity index (χ1v) is 8.57. The van der Waals surface area contributed by atoms with E-state index in [4.69, 9.17) is 16.3 Å². The van der Waals surface area contributed by atoms with E-state index in [2.05, 4.69) is 10.6 Å². The Morgan fingerprint density at radius 1 is 1.35 bits per heavy atom. The number of benzene rings is 2. The maximum Gasteiger partial charge on any atom is 0.251 e. The first-order valence-electron chi connectivity index (χ1n) is 8.19. The van der Waals surface area contributed by atoms with Crippen LogP contribution in [-0.4, -0.2) is 31.7 Å². The Morgan fingerprint density at radius 3 is 2.77 bits per heavy atom. The van der Waals surface area contributed by atoms with Gasteiger partial charge < -0.3 is 15.4 Å². The van der Waals surface area contributed by atoms with Crippen molar-refractivity contribution in [2.24, 2.45) is 0 Å². The van der Waals surface area contributed by atoms with Crippen LogP contribution in [-0.2, 0) is 9.53 Å². The lowest BCUT2D eigenvalue weighted by Gasteiger charge is -2.27. The number of aryl methyl sites for hydroxylation is 1. The summed E-state index contributed by atoms with van der Waals surface area (Å²) in [5.74, 6) is -0.508. The van der Waals surface area contributed by atoms with Gasteiger partial charge in [-0.2, -0.15) is 0 Å². The second kappa shape index (κ2) is 9.33. The zero-order valence-electron chi connectivity index (χ0n) is 14.3. The highest BCUT2D eigenvalue weighted by Gasteiger charge is 2.26. The average Bonchev–Trinajstić information content (AvgIpc) is 2.63. The average molecular weight is 399 g/mol. The summed E-state index contributed by atoms with van der Waals surface area (Å²) in [6.07, 6.45) is -0.555. The number of hydrogen-bond donors (Lipinski definition) is 2. The molecule has 26 heavy (non-hydrogen) atoms. The summed E-state index contributed by atoms with van der Waals surface area (Å²) in [5.41, 5.74) is 2.04. The predicted octanol–water partition coefficient (Wildman–Crippen LogP) is 3.40. The van der Waals surface area contributed by atoms with Crippen LogP contribution >= 0.6 is 24.0 Å². The van der Waals surface area contributed by atoms with Gasteiger partial charge in [0.1, 0.15) is 11.9 Å². The molecule has 7 heteroatoms. The minimum atomic E-state index is -0.555. The molecule has 2 atom stereocenters. The van der Waals surface area contributed by atoms with E-state index < -0.39 is 12.1 Å². The number of carbonyl (C=O) groups excluding carboxylic acids is 1. The number of ether oxygens (including phenoxy) is 1. The first-order chi connectivity index (χ1) is 12.1. The molecule has 0 spiro atoms. The molecule has 4 nitrogen and oxygen atoms in total. The summed E-state index contributed by atoms with van der Waals surface area (Å²) in [6.45, 7) is 3.38. The van der Waals surface area contributed by atoms with Gasteiger partial charge in [0, 0.05) is 18.1 Å². The van der Waals surface area contributed by atoms with E-state index >= 15 is 0 Å². The maximum absolute atomic E-state index is 13.7. The molecule has 0 aliphatic carbocycles. The van der Waals surface area contributed by atoms with Crippen molar-refractivity contribution in [1.82, 2.24) is 10.6 Å². The molecule has 1 amide bonds. The fourth-order valence-corrected chi connectivity index (χ4v) is 3.11. The smallest absolute Gasteiger partial charge is 0.251 e. The Labute approximate surface area is 163 Å². The zero-order valence-corrected chi connectivity index (χ0v) is 15.9. The summed E-state index contributed by atoms with van der Waals surface area (Å²) < 4.78 is 19.2. The van der Waals surface area contributed by atoms with Gasteiger partial charge in [0.05, 0.1) is 12.6 Å². The van der Waals surface area contributed by atoms with Crippen LogP contribution in [0.15, 0.2) is 42.5 Å². The summed E-state index contributed by atoms with van der Waals surface area (Å²) in [6, 6.07) is 11.6. The predicted molar refractivity (Wildman–Crippen MR) is 102 cm³/mol. The van der Waals surface area contributed by atoms with Crippen LogP contribution in [0.1, 0.15) is 22.7 Å². The van der Waals surface area contributed by atoms with Crippen LogP contribution in [0, 0.1) is 12.7 Å². The molecule has 1 aliphatic rings. The molecule has 2 unspecified atom stereocenters. The second-order valence-corrected chi connectivity index (χ2v) is 6.44. The maximum atomic E-state index is 13.7. The van der Waals surface area contributed by atoms with Gasteiger partial charge in [0.25, 0.3) is 5.91 Å². The third kappa shape index (κ3) is 4.74. The lowest BCUT2D eigenvalue weighted by molar-refractivity contribution is -0.134. The van der Waals surface area contributed by atoms with Crippen molar-refractivity contribution < 1.29 is 13.9 Å². The van der Waals surface area contributed by atoms with Gasteiger partial charge in [-0.15, -0.1) is 12.4 Å². The molecule has 2 aromatic rings. The normalized spacial score (nSPS) is 17.9. The van der Waals surface area contributed by atoms with Crippen molar-refractivity contribution in [2.45, 2.75) is 19.1 Å². The van der Waals surface area contributed by atoms with Gasteiger partial charge in [0.15, 0.2) is 0 Å². The Morgan fingerprint density at radius 2 is 2.12 bits per heavy atom. The second-order valence-electron chi connectivity index (χ2n) is 6.04. The molecule has 0 aromatic heterocycles. The van der Waals surface area contributed by atoms with Crippen molar-refractivity contribution in [1.29, 1.82) is 0 Å². The van der Waals surface area contributed by atoms with E-state index in [-0.39, 0.29) is 24.1 Å². The van der Waals surface area contributed by atoms with E-state index in [1.165, 1.54) is 6.07 Å². The van der Waals surface area contributed by atoms with Crippen LogP contribution in [0.25, 0.3) is 0 Å². The van der Waals surface area contributed by atoms with Gasteiger partial charge in [-0.05, 0) is 35.7 Å². The third-order valence-electron chi connectivity index (χ3n) is 4.24. The van der Waals surface area contributed by atoms with Gasteiger partial charge >= 0.3 is 0 Å². The summed E-state index contributed by atoms with van der Waals surface area (Å²) in [7, 11) is 0. The molecular formula is C19H21Cl2FN2O2. The van der Waals surface area contributed by atoms with Gasteiger partial charge in [-0.25, -0.2) is 4.39 Å². The van der Waals surface area contributed by atoms with Crippen molar-refractivity contribution in [3.05, 3.63) is 70.0 Å². The quantitative estimate of drug-likeness (QED) is 0.829. The van der Waals surface area contributed by atoms with E-state index in [1.807, 2.05) is 18.2 Å². The Kier molecular flexibility index (Phi) is 7.41. The highest BCUT2D eigenvalue weighted by atomic mass is 35.5. The minimum Gasteiger partial charge on any atom is -0.366 e. The fourth-order valence-electron chi connectivity index (χ4n) is 2.87. The molecule has 140 valence electrons. The van der Waals surface area contributed by atoms with E-state index in [1.54, 1.807) is 25.1 Å². The molecule has 1 aliphatic heterocycles. The van der Waals surface area contributed by atoms with Crippen LogP contribution in [0.2, 0.25) is 5.02 Å². The number of amides is 1. The molecule has 2 N–H and O–H groups in total. The number of morpholine rings is 1. The fraction of sp³-hybridized carbons (Fsp3) is 0.316.